The van der Waals surface area contributed by atoms with Crippen molar-refractivity contribution >= 4 is 7.25 Å². The van der Waals surface area contributed by atoms with Gasteiger partial charge in [-0.25, -0.2) is 0 Å². The lowest BCUT2D eigenvalue weighted by molar-refractivity contribution is 0.368. The van der Waals surface area contributed by atoms with Crippen molar-refractivity contribution in [2.75, 3.05) is 0 Å². The Morgan fingerprint density at radius 1 is 1.00 bits per heavy atom. The van der Waals surface area contributed by atoms with Gasteiger partial charge in [0.05, 0.1) is 0 Å². The summed E-state index contributed by atoms with van der Waals surface area (Å²) in [7, 11) is -6.00. The largest absolute Gasteiger partial charge is 0.673 e. The standard InChI is InChI=1S/C6H13.BF4/c1-5(2)6(3)4;2-1(3,4)5/h5-6H,1H2,2-4H3;/q;-1. The smallest absolute Gasteiger partial charge is 0.418 e. The number of hydrogen-bond donors (Lipinski definition) is 0. The molecule has 0 nitrogen and oxygen atoms in total. The Bertz CT molecular complexity index is 75.1. The van der Waals surface area contributed by atoms with Crippen LogP contribution in [0.2, 0.25) is 0 Å². The van der Waals surface area contributed by atoms with Crippen LogP contribution < -0.4 is 0 Å². The van der Waals surface area contributed by atoms with Crippen LogP contribution in [0.1, 0.15) is 20.8 Å². The second-order valence-corrected chi connectivity index (χ2v) is 2.72. The summed E-state index contributed by atoms with van der Waals surface area (Å²) >= 11 is 0. The molecule has 0 aromatic carbocycles. The van der Waals surface area contributed by atoms with Crippen molar-refractivity contribution in [3.8, 4) is 0 Å². The second kappa shape index (κ2) is 5.44. The Hall–Kier alpha value is -0.215. The fraction of sp³-hybridized carbons (Fsp3) is 0.833. The second-order valence-electron chi connectivity index (χ2n) is 2.72. The minimum atomic E-state index is -6.00. The van der Waals surface area contributed by atoms with Gasteiger partial charge >= 0.3 is 7.25 Å². The summed E-state index contributed by atoms with van der Waals surface area (Å²) in [5, 5.41) is 0. The minimum Gasteiger partial charge on any atom is -0.418 e. The lowest BCUT2D eigenvalue weighted by Crippen LogP contribution is -2.02. The van der Waals surface area contributed by atoms with Crippen LogP contribution in [0.25, 0.3) is 0 Å². The van der Waals surface area contributed by atoms with Crippen molar-refractivity contribution in [1.29, 1.82) is 0 Å². The molecule has 0 heterocycles. The molecular formula is C6H13BF4-. The molecule has 1 unspecified atom stereocenters. The molecule has 5 heteroatoms. The lowest BCUT2D eigenvalue weighted by Gasteiger charge is -2.05. The van der Waals surface area contributed by atoms with Crippen LogP contribution in [0.15, 0.2) is 0 Å². The SMILES string of the molecule is F[B-](F)(F)F.[CH2]C(C)C(C)C. The van der Waals surface area contributed by atoms with E-state index in [1.54, 1.807) is 0 Å². The molecule has 0 bridgehead atoms. The Morgan fingerprint density at radius 3 is 1.09 bits per heavy atom. The molecule has 0 amide bonds. The third kappa shape index (κ3) is 41.4. The van der Waals surface area contributed by atoms with Crippen molar-refractivity contribution in [3.05, 3.63) is 6.92 Å². The van der Waals surface area contributed by atoms with E-state index >= 15 is 0 Å². The highest BCUT2D eigenvalue weighted by molar-refractivity contribution is 6.50. The van der Waals surface area contributed by atoms with Gasteiger partial charge in [0.15, 0.2) is 0 Å². The third-order valence-electron chi connectivity index (χ3n) is 1.14. The number of halogens is 4. The van der Waals surface area contributed by atoms with E-state index in [0.29, 0.717) is 5.92 Å². The van der Waals surface area contributed by atoms with Crippen LogP contribution in [0.4, 0.5) is 17.3 Å². The van der Waals surface area contributed by atoms with Crippen molar-refractivity contribution in [3.63, 3.8) is 0 Å². The lowest BCUT2D eigenvalue weighted by atomic mass is 10.0. The van der Waals surface area contributed by atoms with Crippen LogP contribution in [-0.4, -0.2) is 7.25 Å². The maximum Gasteiger partial charge on any atom is 0.673 e. The Morgan fingerprint density at radius 2 is 1.09 bits per heavy atom. The van der Waals surface area contributed by atoms with E-state index in [9.17, 15) is 17.3 Å². The van der Waals surface area contributed by atoms with Gasteiger partial charge in [-0.1, -0.05) is 27.7 Å². The average molecular weight is 172 g/mol. The molecule has 0 aromatic rings. The Labute approximate surface area is 65.1 Å². The molecule has 0 aliphatic rings. The fourth-order valence-corrected chi connectivity index (χ4v) is 0. The van der Waals surface area contributed by atoms with Crippen molar-refractivity contribution in [2.45, 2.75) is 20.8 Å². The molecule has 11 heavy (non-hydrogen) atoms. The molecular weight excluding hydrogens is 159 g/mol. The molecule has 1 radical (unpaired) electrons. The monoisotopic (exact) mass is 172 g/mol. The maximum atomic E-state index is 9.75. The van der Waals surface area contributed by atoms with Crippen LogP contribution in [0.5, 0.6) is 0 Å². The van der Waals surface area contributed by atoms with Gasteiger partial charge in [0.1, 0.15) is 0 Å². The highest BCUT2D eigenvalue weighted by Gasteiger charge is 2.20. The molecule has 69 valence electrons. The third-order valence-corrected chi connectivity index (χ3v) is 1.14. The summed E-state index contributed by atoms with van der Waals surface area (Å²) < 4.78 is 39.0. The zero-order valence-corrected chi connectivity index (χ0v) is 6.95. The van der Waals surface area contributed by atoms with E-state index in [1.165, 1.54) is 0 Å². The van der Waals surface area contributed by atoms with Crippen LogP contribution >= 0.6 is 0 Å². The molecule has 0 spiro atoms. The van der Waals surface area contributed by atoms with E-state index in [1.807, 2.05) is 0 Å². The molecule has 0 aliphatic heterocycles. The first-order valence-electron chi connectivity index (χ1n) is 3.35. The van der Waals surface area contributed by atoms with Crippen LogP contribution in [0.3, 0.4) is 0 Å². The zero-order chi connectivity index (χ0) is 9.65. The predicted octanol–water partition coefficient (Wildman–Crippen LogP) is 3.41. The van der Waals surface area contributed by atoms with Crippen LogP contribution in [0, 0.1) is 18.8 Å². The van der Waals surface area contributed by atoms with Gasteiger partial charge in [-0.15, -0.1) is 0 Å². The molecule has 1 atom stereocenters. The highest BCUT2D eigenvalue weighted by Crippen LogP contribution is 2.06. The van der Waals surface area contributed by atoms with E-state index in [-0.39, 0.29) is 0 Å². The minimum absolute atomic E-state index is 0.602. The summed E-state index contributed by atoms with van der Waals surface area (Å²) in [4.78, 5) is 0. The number of hydrogen-bond acceptors (Lipinski definition) is 0. The fourth-order valence-electron chi connectivity index (χ4n) is 0. The summed E-state index contributed by atoms with van der Waals surface area (Å²) in [6, 6.07) is 0. The molecule has 0 saturated carbocycles. The highest BCUT2D eigenvalue weighted by atomic mass is 19.5. The summed E-state index contributed by atoms with van der Waals surface area (Å²) in [5.41, 5.74) is 0. The molecule has 0 aromatic heterocycles. The Kier molecular flexibility index (Phi) is 6.61. The van der Waals surface area contributed by atoms with E-state index in [2.05, 4.69) is 27.7 Å². The molecule has 0 rings (SSSR count). The summed E-state index contributed by atoms with van der Waals surface area (Å²) in [6.07, 6.45) is 0. The molecule has 0 N–H and O–H groups in total. The zero-order valence-electron chi connectivity index (χ0n) is 6.95. The van der Waals surface area contributed by atoms with Gasteiger partial charge in [0, 0.05) is 0 Å². The van der Waals surface area contributed by atoms with E-state index < -0.39 is 7.25 Å². The molecule has 0 saturated heterocycles. The molecule has 0 aliphatic carbocycles. The van der Waals surface area contributed by atoms with Gasteiger partial charge in [0.2, 0.25) is 0 Å². The summed E-state index contributed by atoms with van der Waals surface area (Å²) in [5.74, 6) is 1.34. The Balaban J connectivity index is 0. The first-order chi connectivity index (χ1) is 4.64. The first kappa shape index (κ1) is 13.4. The van der Waals surface area contributed by atoms with Crippen LogP contribution in [-0.2, 0) is 0 Å². The topological polar surface area (TPSA) is 0 Å². The maximum absolute atomic E-state index is 9.75. The van der Waals surface area contributed by atoms with Gasteiger partial charge in [0.25, 0.3) is 0 Å². The van der Waals surface area contributed by atoms with Crippen molar-refractivity contribution in [2.24, 2.45) is 11.8 Å². The van der Waals surface area contributed by atoms with Gasteiger partial charge in [-0.3, -0.25) is 0 Å². The van der Waals surface area contributed by atoms with Crippen molar-refractivity contribution in [1.82, 2.24) is 0 Å². The number of rotatable bonds is 1. The van der Waals surface area contributed by atoms with E-state index in [4.69, 9.17) is 0 Å². The predicted molar refractivity (Wildman–Crippen MR) is 39.5 cm³/mol. The quantitative estimate of drug-likeness (QED) is 0.419. The first-order valence-corrected chi connectivity index (χ1v) is 3.35. The van der Waals surface area contributed by atoms with Gasteiger partial charge in [-0.05, 0) is 11.8 Å². The average Bonchev–Trinajstić information content (AvgIpc) is 1.59. The normalized spacial score (nSPS) is 11.5. The summed E-state index contributed by atoms with van der Waals surface area (Å²) in [6.45, 7) is 10.3. The molecule has 0 fully saturated rings. The van der Waals surface area contributed by atoms with Gasteiger partial charge < -0.3 is 17.3 Å². The van der Waals surface area contributed by atoms with Crippen molar-refractivity contribution < 1.29 is 17.3 Å². The van der Waals surface area contributed by atoms with E-state index in [0.717, 1.165) is 5.92 Å². The van der Waals surface area contributed by atoms with Gasteiger partial charge in [-0.2, -0.15) is 0 Å².